The van der Waals surface area contributed by atoms with Gasteiger partial charge >= 0.3 is 11.7 Å². The maximum Gasteiger partial charge on any atom is 0.329 e. The number of carbonyl (C=O) groups is 1. The molecule has 2 heterocycles. The summed E-state index contributed by atoms with van der Waals surface area (Å²) < 4.78 is 6.44. The number of hydrogen-bond donors (Lipinski definition) is 1. The van der Waals surface area contributed by atoms with Crippen LogP contribution in [0.15, 0.2) is 57.9 Å². The van der Waals surface area contributed by atoms with Crippen LogP contribution in [0.2, 0.25) is 0 Å². The van der Waals surface area contributed by atoms with Crippen molar-refractivity contribution in [1.29, 1.82) is 0 Å². The minimum atomic E-state index is -0.893. The van der Waals surface area contributed by atoms with E-state index in [1.807, 2.05) is 50.5 Å². The van der Waals surface area contributed by atoms with Crippen molar-refractivity contribution in [3.8, 4) is 0 Å². The molecule has 4 aromatic rings. The molecule has 1 N–H and O–H groups in total. The molecule has 0 amide bonds. The molecular weight excluding hydrogens is 446 g/mol. The quantitative estimate of drug-likeness (QED) is 0.417. The number of hydrogen-bond acceptors (Lipinski definition) is 2. The van der Waals surface area contributed by atoms with E-state index in [-0.39, 0.29) is 18.2 Å². The molecule has 0 aliphatic rings. The Labute approximate surface area is 182 Å². The number of rotatable bonds is 7. The molecule has 0 saturated heterocycles. The second kappa shape index (κ2) is 8.14. The van der Waals surface area contributed by atoms with Gasteiger partial charge in [0.2, 0.25) is 0 Å². The van der Waals surface area contributed by atoms with E-state index in [1.54, 1.807) is 9.13 Å². The van der Waals surface area contributed by atoms with Gasteiger partial charge in [0.1, 0.15) is 0 Å². The van der Waals surface area contributed by atoms with Crippen LogP contribution in [0.5, 0.6) is 0 Å². The summed E-state index contributed by atoms with van der Waals surface area (Å²) in [5.41, 5.74) is 3.56. The molecule has 0 aliphatic carbocycles. The molecule has 0 spiro atoms. The van der Waals surface area contributed by atoms with Crippen molar-refractivity contribution in [1.82, 2.24) is 13.7 Å². The van der Waals surface area contributed by atoms with E-state index in [2.05, 4.69) is 32.6 Å². The minimum Gasteiger partial charge on any atom is -0.481 e. The average Bonchev–Trinajstić information content (AvgIpc) is 3.19. The number of halogens is 1. The standard InChI is InChI=1S/C23H24BrN3O3/c1-3-6-17(13-22(28)29)27-20-8-5-4-7-19(20)26(23(27)30)14-15-11-16(24)12-21-18(15)9-10-25(21)2/h4-5,7-12,17H,3,6,13-14H2,1-2H3,(H,28,29). The lowest BCUT2D eigenvalue weighted by Gasteiger charge is -2.16. The smallest absolute Gasteiger partial charge is 0.329 e. The predicted octanol–water partition coefficient (Wildman–Crippen LogP) is 4.92. The Morgan fingerprint density at radius 1 is 1.13 bits per heavy atom. The van der Waals surface area contributed by atoms with Crippen molar-refractivity contribution in [2.24, 2.45) is 7.05 Å². The van der Waals surface area contributed by atoms with E-state index < -0.39 is 5.97 Å². The largest absolute Gasteiger partial charge is 0.481 e. The molecule has 2 aromatic carbocycles. The fourth-order valence-electron chi connectivity index (χ4n) is 4.31. The fourth-order valence-corrected chi connectivity index (χ4v) is 4.80. The highest BCUT2D eigenvalue weighted by molar-refractivity contribution is 9.10. The molecule has 2 aromatic heterocycles. The van der Waals surface area contributed by atoms with Gasteiger partial charge < -0.3 is 9.67 Å². The molecule has 0 saturated carbocycles. The van der Waals surface area contributed by atoms with E-state index in [1.165, 1.54) is 0 Å². The van der Waals surface area contributed by atoms with Crippen LogP contribution < -0.4 is 5.69 Å². The highest BCUT2D eigenvalue weighted by Crippen LogP contribution is 2.28. The highest BCUT2D eigenvalue weighted by Gasteiger charge is 2.22. The lowest BCUT2D eigenvalue weighted by atomic mass is 10.1. The van der Waals surface area contributed by atoms with Gasteiger partial charge in [-0.2, -0.15) is 0 Å². The van der Waals surface area contributed by atoms with Gasteiger partial charge in [-0.15, -0.1) is 0 Å². The number of imidazole rings is 1. The Kier molecular flexibility index (Phi) is 5.56. The Morgan fingerprint density at radius 2 is 1.87 bits per heavy atom. The zero-order valence-electron chi connectivity index (χ0n) is 17.0. The Bertz CT molecular complexity index is 1300. The number of nitrogens with zero attached hydrogens (tertiary/aromatic N) is 3. The van der Waals surface area contributed by atoms with E-state index in [0.717, 1.165) is 38.4 Å². The zero-order chi connectivity index (χ0) is 21.4. The van der Waals surface area contributed by atoms with Crippen LogP contribution in [0.25, 0.3) is 21.9 Å². The summed E-state index contributed by atoms with van der Waals surface area (Å²) in [5.74, 6) is -0.893. The highest BCUT2D eigenvalue weighted by atomic mass is 79.9. The van der Waals surface area contributed by atoms with Crippen LogP contribution in [0, 0.1) is 0 Å². The van der Waals surface area contributed by atoms with Crippen LogP contribution >= 0.6 is 15.9 Å². The number of fused-ring (bicyclic) bond motifs is 2. The number of aliphatic carboxylic acids is 1. The van der Waals surface area contributed by atoms with Crippen molar-refractivity contribution in [2.75, 3.05) is 0 Å². The molecule has 0 fully saturated rings. The monoisotopic (exact) mass is 469 g/mol. The molecule has 0 bridgehead atoms. The van der Waals surface area contributed by atoms with Crippen molar-refractivity contribution in [2.45, 2.75) is 38.8 Å². The third kappa shape index (κ3) is 3.58. The predicted molar refractivity (Wildman–Crippen MR) is 122 cm³/mol. The summed E-state index contributed by atoms with van der Waals surface area (Å²) in [4.78, 5) is 25.0. The van der Waals surface area contributed by atoms with Crippen LogP contribution in [-0.2, 0) is 18.4 Å². The van der Waals surface area contributed by atoms with Gasteiger partial charge in [-0.3, -0.25) is 13.9 Å². The van der Waals surface area contributed by atoms with E-state index in [0.29, 0.717) is 13.0 Å². The van der Waals surface area contributed by atoms with Crippen LogP contribution in [0.1, 0.15) is 37.8 Å². The van der Waals surface area contributed by atoms with Gasteiger partial charge in [0, 0.05) is 34.7 Å². The van der Waals surface area contributed by atoms with Crippen molar-refractivity contribution < 1.29 is 9.90 Å². The Morgan fingerprint density at radius 3 is 2.57 bits per heavy atom. The van der Waals surface area contributed by atoms with E-state index >= 15 is 0 Å². The maximum atomic E-state index is 13.5. The molecular formula is C23H24BrN3O3. The Hall–Kier alpha value is -2.80. The first-order chi connectivity index (χ1) is 14.4. The minimum absolute atomic E-state index is 0.0679. The summed E-state index contributed by atoms with van der Waals surface area (Å²) in [5, 5.41) is 10.5. The molecule has 0 radical (unpaired) electrons. The summed E-state index contributed by atoms with van der Waals surface area (Å²) >= 11 is 3.59. The third-order valence-corrected chi connectivity index (χ3v) is 6.11. The first kappa shape index (κ1) is 20.5. The zero-order valence-corrected chi connectivity index (χ0v) is 18.6. The molecule has 30 heavy (non-hydrogen) atoms. The molecule has 0 aliphatic heterocycles. The third-order valence-electron chi connectivity index (χ3n) is 5.65. The number of aromatic nitrogens is 3. The second-order valence-corrected chi connectivity index (χ2v) is 8.61. The summed E-state index contributed by atoms with van der Waals surface area (Å²) in [6.07, 6.45) is 3.39. The molecule has 4 rings (SSSR count). The van der Waals surface area contributed by atoms with Gasteiger partial charge in [0.05, 0.1) is 24.0 Å². The number of para-hydroxylation sites is 2. The maximum absolute atomic E-state index is 13.5. The number of carboxylic acid groups (broad SMARTS) is 1. The van der Waals surface area contributed by atoms with Gasteiger partial charge in [-0.25, -0.2) is 4.79 Å². The van der Waals surface area contributed by atoms with Gasteiger partial charge in [-0.05, 0) is 42.3 Å². The van der Waals surface area contributed by atoms with Crippen molar-refractivity contribution >= 4 is 43.8 Å². The van der Waals surface area contributed by atoms with Gasteiger partial charge in [0.15, 0.2) is 0 Å². The van der Waals surface area contributed by atoms with Crippen molar-refractivity contribution in [3.05, 3.63) is 69.2 Å². The van der Waals surface area contributed by atoms with Crippen molar-refractivity contribution in [3.63, 3.8) is 0 Å². The van der Waals surface area contributed by atoms with Crippen LogP contribution in [-0.4, -0.2) is 24.8 Å². The number of aryl methyl sites for hydroxylation is 1. The average molecular weight is 470 g/mol. The molecule has 7 heteroatoms. The summed E-state index contributed by atoms with van der Waals surface area (Å²) in [7, 11) is 2.00. The van der Waals surface area contributed by atoms with Gasteiger partial charge in [0.25, 0.3) is 0 Å². The van der Waals surface area contributed by atoms with E-state index in [4.69, 9.17) is 0 Å². The fraction of sp³-hybridized carbons (Fsp3) is 0.304. The topological polar surface area (TPSA) is 69.2 Å². The Balaban J connectivity index is 1.90. The first-order valence-electron chi connectivity index (χ1n) is 10.1. The number of benzene rings is 2. The second-order valence-electron chi connectivity index (χ2n) is 7.69. The summed E-state index contributed by atoms with van der Waals surface area (Å²) in [6.45, 7) is 2.42. The van der Waals surface area contributed by atoms with Crippen LogP contribution in [0.4, 0.5) is 0 Å². The molecule has 156 valence electrons. The van der Waals surface area contributed by atoms with E-state index in [9.17, 15) is 14.7 Å². The summed E-state index contributed by atoms with van der Waals surface area (Å²) in [6, 6.07) is 13.4. The van der Waals surface area contributed by atoms with Crippen LogP contribution in [0.3, 0.4) is 0 Å². The first-order valence-corrected chi connectivity index (χ1v) is 10.8. The molecule has 6 nitrogen and oxygen atoms in total. The normalized spacial score (nSPS) is 12.6. The lowest BCUT2D eigenvalue weighted by Crippen LogP contribution is -2.29. The lowest BCUT2D eigenvalue weighted by molar-refractivity contribution is -0.137. The molecule has 1 unspecified atom stereocenters. The van der Waals surface area contributed by atoms with Gasteiger partial charge in [-0.1, -0.05) is 41.4 Å². The SMILES string of the molecule is CCCC(CC(=O)O)n1c(=O)n(Cc2cc(Br)cc3c2ccn3C)c2ccccc21. The molecule has 1 atom stereocenters. The number of carboxylic acids is 1.